The second-order valence-electron chi connectivity index (χ2n) is 6.41. The smallest absolute Gasteiger partial charge is 0.253 e. The number of carbonyl (C=O) groups excluding carboxylic acids is 2. The van der Waals surface area contributed by atoms with E-state index in [9.17, 15) is 9.59 Å². The van der Waals surface area contributed by atoms with Gasteiger partial charge in [-0.1, -0.05) is 17.7 Å². The minimum Gasteiger partial charge on any atom is -0.341 e. The fraction of sp³-hybridized carbons (Fsp3) is 0.556. The number of hydrogen-bond donors (Lipinski definition) is 1. The summed E-state index contributed by atoms with van der Waals surface area (Å²) >= 11 is 0. The molecule has 1 unspecified atom stereocenters. The second-order valence-corrected chi connectivity index (χ2v) is 6.41. The molecule has 1 aromatic rings. The van der Waals surface area contributed by atoms with Gasteiger partial charge in [-0.3, -0.25) is 9.59 Å². The van der Waals surface area contributed by atoms with Crippen molar-refractivity contribution in [2.45, 2.75) is 39.2 Å². The average molecular weight is 317 g/mol. The highest BCUT2D eigenvalue weighted by molar-refractivity contribution is 5.94. The zero-order valence-corrected chi connectivity index (χ0v) is 14.1. The molecule has 5 nitrogen and oxygen atoms in total. The molecular formula is C18H27N3O2. The first-order valence-corrected chi connectivity index (χ1v) is 8.36. The molecule has 0 saturated carbocycles. The van der Waals surface area contributed by atoms with Gasteiger partial charge in [0.25, 0.3) is 5.91 Å². The Bertz CT molecular complexity index is 557. The molecule has 0 spiro atoms. The number of carbonyl (C=O) groups is 2. The van der Waals surface area contributed by atoms with Crippen LogP contribution in [0.3, 0.4) is 0 Å². The van der Waals surface area contributed by atoms with Crippen LogP contribution in [-0.2, 0) is 4.79 Å². The maximum Gasteiger partial charge on any atom is 0.253 e. The molecule has 0 aliphatic carbocycles. The molecule has 1 fully saturated rings. The first-order valence-electron chi connectivity index (χ1n) is 8.36. The Hall–Kier alpha value is -1.88. The Morgan fingerprint density at radius 1 is 1.17 bits per heavy atom. The summed E-state index contributed by atoms with van der Waals surface area (Å²) in [6.07, 6.45) is 2.02. The Morgan fingerprint density at radius 3 is 2.57 bits per heavy atom. The van der Waals surface area contributed by atoms with E-state index in [1.165, 1.54) is 0 Å². The number of nitrogens with zero attached hydrogens (tertiary/aromatic N) is 2. The van der Waals surface area contributed by atoms with Crippen molar-refractivity contribution >= 4 is 11.8 Å². The predicted octanol–water partition coefficient (Wildman–Crippen LogP) is 1.80. The molecular weight excluding hydrogens is 290 g/mol. The van der Waals surface area contributed by atoms with Gasteiger partial charge in [-0.2, -0.15) is 0 Å². The van der Waals surface area contributed by atoms with Crippen LogP contribution >= 0.6 is 0 Å². The lowest BCUT2D eigenvalue weighted by Gasteiger charge is -2.22. The van der Waals surface area contributed by atoms with Crippen molar-refractivity contribution < 1.29 is 9.59 Å². The maximum absolute atomic E-state index is 12.6. The number of nitrogens with two attached hydrogens (primary N) is 1. The summed E-state index contributed by atoms with van der Waals surface area (Å²) in [4.78, 5) is 28.5. The lowest BCUT2D eigenvalue weighted by atomic mass is 10.1. The molecule has 1 heterocycles. The molecule has 0 radical (unpaired) electrons. The molecule has 1 aromatic carbocycles. The van der Waals surface area contributed by atoms with Crippen molar-refractivity contribution in [3.8, 4) is 0 Å². The normalized spacial score (nSPS) is 16.8. The van der Waals surface area contributed by atoms with E-state index in [4.69, 9.17) is 5.73 Å². The Labute approximate surface area is 138 Å². The van der Waals surface area contributed by atoms with Gasteiger partial charge in [-0.05, 0) is 38.8 Å². The highest BCUT2D eigenvalue weighted by Crippen LogP contribution is 2.12. The molecule has 0 aromatic heterocycles. The SMILES string of the molecule is Cc1cccc(C(=O)N2CCCN(C(=O)CCC(C)N)CC2)c1. The van der Waals surface area contributed by atoms with Gasteiger partial charge >= 0.3 is 0 Å². The van der Waals surface area contributed by atoms with E-state index >= 15 is 0 Å². The third kappa shape index (κ3) is 5.06. The molecule has 2 amide bonds. The molecule has 126 valence electrons. The molecule has 1 saturated heterocycles. The van der Waals surface area contributed by atoms with Crippen LogP contribution in [0.5, 0.6) is 0 Å². The van der Waals surface area contributed by atoms with E-state index in [1.807, 2.05) is 47.9 Å². The number of amides is 2. The molecule has 1 aliphatic heterocycles. The fourth-order valence-corrected chi connectivity index (χ4v) is 2.84. The third-order valence-electron chi connectivity index (χ3n) is 4.21. The highest BCUT2D eigenvalue weighted by Gasteiger charge is 2.22. The molecule has 1 atom stereocenters. The van der Waals surface area contributed by atoms with Crippen molar-refractivity contribution in [1.82, 2.24) is 9.80 Å². The summed E-state index contributed by atoms with van der Waals surface area (Å²) < 4.78 is 0. The van der Waals surface area contributed by atoms with Crippen LogP contribution in [0.2, 0.25) is 0 Å². The lowest BCUT2D eigenvalue weighted by molar-refractivity contribution is -0.131. The summed E-state index contributed by atoms with van der Waals surface area (Å²) in [6, 6.07) is 7.71. The van der Waals surface area contributed by atoms with Gasteiger partial charge in [0.1, 0.15) is 0 Å². The summed E-state index contributed by atoms with van der Waals surface area (Å²) in [5.41, 5.74) is 7.52. The van der Waals surface area contributed by atoms with E-state index < -0.39 is 0 Å². The predicted molar refractivity (Wildman–Crippen MR) is 91.2 cm³/mol. The van der Waals surface area contributed by atoms with Crippen molar-refractivity contribution in [1.29, 1.82) is 0 Å². The standard InChI is InChI=1S/C18H27N3O2/c1-14-5-3-6-16(13-14)18(23)21-10-4-9-20(11-12-21)17(22)8-7-15(2)19/h3,5-6,13,15H,4,7-12,19H2,1-2H3. The van der Waals surface area contributed by atoms with Crippen LogP contribution in [0.15, 0.2) is 24.3 Å². The number of benzene rings is 1. The average Bonchev–Trinajstić information content (AvgIpc) is 2.78. The van der Waals surface area contributed by atoms with Crippen LogP contribution in [0.1, 0.15) is 42.1 Å². The van der Waals surface area contributed by atoms with E-state index in [1.54, 1.807) is 0 Å². The summed E-state index contributed by atoms with van der Waals surface area (Å²) in [5, 5.41) is 0. The van der Waals surface area contributed by atoms with Gasteiger partial charge < -0.3 is 15.5 Å². The number of hydrogen-bond acceptors (Lipinski definition) is 3. The van der Waals surface area contributed by atoms with Crippen LogP contribution in [0.4, 0.5) is 0 Å². The van der Waals surface area contributed by atoms with Crippen molar-refractivity contribution in [3.63, 3.8) is 0 Å². The van der Waals surface area contributed by atoms with Gasteiger partial charge in [0.15, 0.2) is 0 Å². The van der Waals surface area contributed by atoms with Gasteiger partial charge in [0.05, 0.1) is 0 Å². The minimum absolute atomic E-state index is 0.0466. The Balaban J connectivity index is 1.93. The first kappa shape index (κ1) is 17.5. The topological polar surface area (TPSA) is 66.6 Å². The van der Waals surface area contributed by atoms with E-state index in [0.29, 0.717) is 32.5 Å². The third-order valence-corrected chi connectivity index (χ3v) is 4.21. The van der Waals surface area contributed by atoms with Crippen molar-refractivity contribution in [2.24, 2.45) is 5.73 Å². The van der Waals surface area contributed by atoms with Gasteiger partial charge in [0, 0.05) is 44.2 Å². The van der Waals surface area contributed by atoms with Crippen LogP contribution in [0.25, 0.3) is 0 Å². The van der Waals surface area contributed by atoms with E-state index in [2.05, 4.69) is 0 Å². The summed E-state index contributed by atoms with van der Waals surface area (Å²) in [6.45, 7) is 6.52. The van der Waals surface area contributed by atoms with Gasteiger partial charge in [-0.25, -0.2) is 0 Å². The van der Waals surface area contributed by atoms with Crippen LogP contribution in [-0.4, -0.2) is 53.8 Å². The Morgan fingerprint density at radius 2 is 1.87 bits per heavy atom. The summed E-state index contributed by atoms with van der Waals surface area (Å²) in [5.74, 6) is 0.200. The molecule has 0 bridgehead atoms. The van der Waals surface area contributed by atoms with Gasteiger partial charge in [-0.15, -0.1) is 0 Å². The van der Waals surface area contributed by atoms with Crippen LogP contribution < -0.4 is 5.73 Å². The monoisotopic (exact) mass is 317 g/mol. The molecule has 2 rings (SSSR count). The second kappa shape index (κ2) is 8.11. The Kier molecular flexibility index (Phi) is 6.16. The zero-order chi connectivity index (χ0) is 16.8. The van der Waals surface area contributed by atoms with E-state index in [-0.39, 0.29) is 17.9 Å². The maximum atomic E-state index is 12.6. The minimum atomic E-state index is 0.0466. The fourth-order valence-electron chi connectivity index (χ4n) is 2.84. The van der Waals surface area contributed by atoms with Gasteiger partial charge in [0.2, 0.25) is 5.91 Å². The number of rotatable bonds is 4. The lowest BCUT2D eigenvalue weighted by Crippen LogP contribution is -2.37. The van der Waals surface area contributed by atoms with Crippen molar-refractivity contribution in [2.75, 3.05) is 26.2 Å². The van der Waals surface area contributed by atoms with Crippen LogP contribution in [0, 0.1) is 6.92 Å². The molecule has 2 N–H and O–H groups in total. The first-order chi connectivity index (χ1) is 11.0. The molecule has 23 heavy (non-hydrogen) atoms. The van der Waals surface area contributed by atoms with Crippen molar-refractivity contribution in [3.05, 3.63) is 35.4 Å². The highest BCUT2D eigenvalue weighted by atomic mass is 16.2. The quantitative estimate of drug-likeness (QED) is 0.921. The largest absolute Gasteiger partial charge is 0.341 e. The zero-order valence-electron chi connectivity index (χ0n) is 14.1. The number of aryl methyl sites for hydroxylation is 1. The molecule has 1 aliphatic rings. The van der Waals surface area contributed by atoms with E-state index in [0.717, 1.165) is 24.1 Å². The molecule has 5 heteroatoms. The summed E-state index contributed by atoms with van der Waals surface area (Å²) in [7, 11) is 0.